The number of nitrogens with zero attached hydrogens (tertiary/aromatic N) is 2. The van der Waals surface area contributed by atoms with E-state index in [0.717, 1.165) is 0 Å². The smallest absolute Gasteiger partial charge is 0.258 e. The van der Waals surface area contributed by atoms with E-state index in [4.69, 9.17) is 0 Å². The maximum atomic E-state index is 12.7. The number of carbonyl (C=O) groups excluding carboxylic acids is 3. The van der Waals surface area contributed by atoms with E-state index in [1.807, 2.05) is 30.4 Å². The normalized spacial score (nSPS) is 28.3. The third-order valence-corrected chi connectivity index (χ3v) is 4.37. The summed E-state index contributed by atoms with van der Waals surface area (Å²) in [5.41, 5.74) is 0.714. The Morgan fingerprint density at radius 2 is 1.33 bits per heavy atom. The van der Waals surface area contributed by atoms with Gasteiger partial charge in [-0.25, -0.2) is 10.0 Å². The molecule has 5 rings (SSSR count). The number of amides is 2. The molecule has 0 spiro atoms. The van der Waals surface area contributed by atoms with Gasteiger partial charge in [0.1, 0.15) is 11.7 Å². The van der Waals surface area contributed by atoms with Gasteiger partial charge >= 0.3 is 0 Å². The van der Waals surface area contributed by atoms with E-state index < -0.39 is 5.92 Å². The topological polar surface area (TPSA) is 57.7 Å². The zero-order valence-electron chi connectivity index (χ0n) is 11.3. The number of hydrogen-bond acceptors (Lipinski definition) is 3. The van der Waals surface area contributed by atoms with E-state index in [9.17, 15) is 14.4 Å². The molecule has 1 aromatic carbocycles. The minimum atomic E-state index is -0.774. The van der Waals surface area contributed by atoms with Gasteiger partial charge in [-0.3, -0.25) is 14.4 Å². The van der Waals surface area contributed by atoms with Crippen LogP contribution in [-0.2, 0) is 14.4 Å². The van der Waals surface area contributed by atoms with Crippen LogP contribution in [0.15, 0.2) is 42.5 Å². The summed E-state index contributed by atoms with van der Waals surface area (Å²) in [4.78, 5) is 37.3. The van der Waals surface area contributed by atoms with Crippen LogP contribution < -0.4 is 0 Å². The Labute approximate surface area is 121 Å². The Morgan fingerprint density at radius 1 is 0.810 bits per heavy atom. The molecule has 21 heavy (non-hydrogen) atoms. The molecule has 0 unspecified atom stereocenters. The molecule has 106 valence electrons. The first-order chi connectivity index (χ1) is 10.2. The molecule has 5 heteroatoms. The molecule has 5 nitrogen and oxygen atoms in total. The first kappa shape index (κ1) is 12.3. The van der Waals surface area contributed by atoms with Gasteiger partial charge in [0.2, 0.25) is 0 Å². The maximum Gasteiger partial charge on any atom is 0.258 e. The summed E-state index contributed by atoms with van der Waals surface area (Å²) in [5, 5.41) is 2.99. The Kier molecular flexibility index (Phi) is 2.51. The second-order valence-corrected chi connectivity index (χ2v) is 5.68. The number of hydrogen-bond donors (Lipinski definition) is 0. The third-order valence-electron chi connectivity index (χ3n) is 4.37. The van der Waals surface area contributed by atoms with Crippen molar-refractivity contribution in [2.45, 2.75) is 30.8 Å². The van der Waals surface area contributed by atoms with Crippen molar-refractivity contribution < 1.29 is 14.4 Å². The van der Waals surface area contributed by atoms with E-state index >= 15 is 0 Å². The molecule has 2 saturated heterocycles. The predicted molar refractivity (Wildman–Crippen MR) is 73.8 cm³/mol. The fourth-order valence-electron chi connectivity index (χ4n) is 3.44. The number of fused-ring (bicyclic) bond motifs is 2. The highest BCUT2D eigenvalue weighted by Gasteiger charge is 2.53. The SMILES string of the molecule is O=C1C[C@@H]2C=C[C@@H](C1)N1C(=O)C(c3ccccc3)C(=O)N21. The van der Waals surface area contributed by atoms with Gasteiger partial charge < -0.3 is 0 Å². The lowest BCUT2D eigenvalue weighted by Gasteiger charge is -2.37. The number of rotatable bonds is 1. The van der Waals surface area contributed by atoms with Crippen LogP contribution in [0.25, 0.3) is 0 Å². The average Bonchev–Trinajstić information content (AvgIpc) is 2.62. The van der Waals surface area contributed by atoms with Gasteiger partial charge in [0.25, 0.3) is 11.8 Å². The molecular weight excluding hydrogens is 268 g/mol. The van der Waals surface area contributed by atoms with Crippen LogP contribution in [0.2, 0.25) is 0 Å². The maximum absolute atomic E-state index is 12.7. The van der Waals surface area contributed by atoms with Gasteiger partial charge in [0.15, 0.2) is 0 Å². The molecule has 4 aliphatic rings. The van der Waals surface area contributed by atoms with Crippen molar-refractivity contribution >= 4 is 17.6 Å². The lowest BCUT2D eigenvalue weighted by atomic mass is 9.97. The minimum Gasteiger partial charge on any atom is -0.300 e. The van der Waals surface area contributed by atoms with E-state index in [-0.39, 0.29) is 29.7 Å². The molecule has 1 aromatic rings. The summed E-state index contributed by atoms with van der Waals surface area (Å²) in [6, 6.07) is 8.47. The van der Waals surface area contributed by atoms with Crippen molar-refractivity contribution in [2.24, 2.45) is 0 Å². The first-order valence-corrected chi connectivity index (χ1v) is 7.08. The van der Waals surface area contributed by atoms with Crippen LogP contribution in [0.3, 0.4) is 0 Å². The fraction of sp³-hybridized carbons (Fsp3) is 0.312. The van der Waals surface area contributed by atoms with Crippen LogP contribution in [0.4, 0.5) is 0 Å². The summed E-state index contributed by atoms with van der Waals surface area (Å²) in [6.45, 7) is 0. The molecule has 2 atom stereocenters. The highest BCUT2D eigenvalue weighted by molar-refractivity contribution is 6.11. The molecule has 3 heterocycles. The fourth-order valence-corrected chi connectivity index (χ4v) is 3.44. The average molecular weight is 282 g/mol. The monoisotopic (exact) mass is 282 g/mol. The summed E-state index contributed by atoms with van der Waals surface area (Å²) in [5.74, 6) is -1.12. The molecule has 2 bridgehead atoms. The van der Waals surface area contributed by atoms with Crippen LogP contribution >= 0.6 is 0 Å². The second kappa shape index (κ2) is 4.28. The minimum absolute atomic E-state index is 0.0984. The van der Waals surface area contributed by atoms with Gasteiger partial charge in [0, 0.05) is 12.8 Å². The highest BCUT2D eigenvalue weighted by atomic mass is 16.2. The summed E-state index contributed by atoms with van der Waals surface area (Å²) in [6.07, 6.45) is 4.35. The Balaban J connectivity index is 1.78. The van der Waals surface area contributed by atoms with Crippen LogP contribution in [0, 0.1) is 0 Å². The van der Waals surface area contributed by atoms with Gasteiger partial charge in [-0.05, 0) is 5.56 Å². The van der Waals surface area contributed by atoms with Crippen molar-refractivity contribution in [1.29, 1.82) is 0 Å². The van der Waals surface area contributed by atoms with Gasteiger partial charge in [-0.15, -0.1) is 0 Å². The van der Waals surface area contributed by atoms with E-state index in [2.05, 4.69) is 0 Å². The zero-order chi connectivity index (χ0) is 14.6. The zero-order valence-corrected chi connectivity index (χ0v) is 11.3. The molecular formula is C16H14N2O3. The molecule has 2 amide bonds. The molecule has 0 radical (unpaired) electrons. The Bertz CT molecular complexity index is 631. The number of ketones is 1. The Morgan fingerprint density at radius 3 is 1.86 bits per heavy atom. The number of hydrazine groups is 1. The molecule has 1 aliphatic carbocycles. The highest BCUT2D eigenvalue weighted by Crippen LogP contribution is 2.38. The summed E-state index contributed by atoms with van der Waals surface area (Å²) >= 11 is 0. The van der Waals surface area contributed by atoms with Crippen LogP contribution in [0.5, 0.6) is 0 Å². The van der Waals surface area contributed by atoms with Gasteiger partial charge in [-0.2, -0.15) is 0 Å². The Hall–Kier alpha value is -2.43. The second-order valence-electron chi connectivity index (χ2n) is 5.68. The number of Topliss-reactive ketones (excluding diaryl/α,β-unsaturated/α-hetero) is 1. The van der Waals surface area contributed by atoms with Crippen molar-refractivity contribution in [3.63, 3.8) is 0 Å². The van der Waals surface area contributed by atoms with Crippen LogP contribution in [-0.4, -0.2) is 39.7 Å². The van der Waals surface area contributed by atoms with Crippen molar-refractivity contribution in [3.8, 4) is 0 Å². The molecule has 0 N–H and O–H groups in total. The molecule has 2 fully saturated rings. The standard InChI is InChI=1S/C16H14N2O3/c19-13-8-11-6-7-12(9-13)18-16(21)14(15(20)17(11)18)10-4-2-1-3-5-10/h1-7,11-12,14H,8-9H2/t11-,12-/m0/s1. The van der Waals surface area contributed by atoms with Crippen LogP contribution in [0.1, 0.15) is 24.3 Å². The summed E-state index contributed by atoms with van der Waals surface area (Å²) < 4.78 is 0. The van der Waals surface area contributed by atoms with E-state index in [1.165, 1.54) is 10.0 Å². The summed E-state index contributed by atoms with van der Waals surface area (Å²) in [7, 11) is 0. The number of benzene rings is 1. The molecule has 0 aromatic heterocycles. The van der Waals surface area contributed by atoms with Crippen molar-refractivity contribution in [1.82, 2.24) is 10.0 Å². The molecule has 0 saturated carbocycles. The van der Waals surface area contributed by atoms with Gasteiger partial charge in [-0.1, -0.05) is 42.5 Å². The van der Waals surface area contributed by atoms with Crippen molar-refractivity contribution in [2.75, 3.05) is 0 Å². The quantitative estimate of drug-likeness (QED) is 0.571. The van der Waals surface area contributed by atoms with Gasteiger partial charge in [0.05, 0.1) is 12.1 Å². The lowest BCUT2D eigenvalue weighted by Crippen LogP contribution is -2.51. The first-order valence-electron chi connectivity index (χ1n) is 7.08. The lowest BCUT2D eigenvalue weighted by molar-refractivity contribution is -0.153. The predicted octanol–water partition coefficient (Wildman–Crippen LogP) is 1.03. The van der Waals surface area contributed by atoms with E-state index in [1.54, 1.807) is 12.1 Å². The van der Waals surface area contributed by atoms with E-state index in [0.29, 0.717) is 18.4 Å². The number of carbonyl (C=O) groups is 3. The van der Waals surface area contributed by atoms with Crippen molar-refractivity contribution in [3.05, 3.63) is 48.0 Å². The largest absolute Gasteiger partial charge is 0.300 e. The third kappa shape index (κ3) is 1.67. The molecule has 3 aliphatic heterocycles.